The zero-order chi connectivity index (χ0) is 37.9. The summed E-state index contributed by atoms with van der Waals surface area (Å²) in [6.45, 7) is 0. The lowest BCUT2D eigenvalue weighted by atomic mass is 9.91. The molecule has 13 rings (SSSR count). The van der Waals surface area contributed by atoms with Crippen LogP contribution in [0.15, 0.2) is 194 Å². The van der Waals surface area contributed by atoms with E-state index in [0.29, 0.717) is 0 Å². The van der Waals surface area contributed by atoms with E-state index in [0.717, 1.165) is 24.2 Å². The number of anilines is 5. The van der Waals surface area contributed by atoms with Crippen molar-refractivity contribution in [3.8, 4) is 0 Å². The predicted molar refractivity (Wildman–Crippen MR) is 245 cm³/mol. The summed E-state index contributed by atoms with van der Waals surface area (Å²) >= 11 is 0. The maximum absolute atomic E-state index is 2.68. The van der Waals surface area contributed by atoms with Crippen LogP contribution >= 0.6 is 0 Å². The number of benzene rings is 7. The molecule has 0 bridgehead atoms. The van der Waals surface area contributed by atoms with Crippen LogP contribution in [0.5, 0.6) is 0 Å². The van der Waals surface area contributed by atoms with Gasteiger partial charge in [0, 0.05) is 54.9 Å². The van der Waals surface area contributed by atoms with E-state index in [-0.39, 0.29) is 12.1 Å². The van der Waals surface area contributed by atoms with Gasteiger partial charge in [0.15, 0.2) is 0 Å². The summed E-state index contributed by atoms with van der Waals surface area (Å²) in [5, 5.41) is 7.77. The first kappa shape index (κ1) is 31.9. The Morgan fingerprint density at radius 3 is 1.86 bits per heavy atom. The van der Waals surface area contributed by atoms with Gasteiger partial charge in [-0.25, -0.2) is 0 Å². The quantitative estimate of drug-likeness (QED) is 0.169. The molecule has 4 heteroatoms. The summed E-state index contributed by atoms with van der Waals surface area (Å²) in [6.07, 6.45) is 18.0. The monoisotopic (exact) mass is 742 g/mol. The summed E-state index contributed by atoms with van der Waals surface area (Å²) in [6, 6.07) is 56.5. The summed E-state index contributed by atoms with van der Waals surface area (Å²) < 4.78 is 5.23. The highest BCUT2D eigenvalue weighted by atomic mass is 15.2. The van der Waals surface area contributed by atoms with Crippen LogP contribution in [0.4, 0.5) is 28.4 Å². The van der Waals surface area contributed by atoms with Gasteiger partial charge in [-0.3, -0.25) is 0 Å². The van der Waals surface area contributed by atoms with Crippen LogP contribution in [0, 0.1) is 0 Å². The van der Waals surface area contributed by atoms with E-state index in [4.69, 9.17) is 0 Å². The third-order valence-corrected chi connectivity index (χ3v) is 13.0. The Bertz CT molecular complexity index is 3360. The van der Waals surface area contributed by atoms with E-state index in [1.807, 2.05) is 0 Å². The van der Waals surface area contributed by atoms with Crippen LogP contribution in [-0.2, 0) is 0 Å². The molecule has 1 aliphatic heterocycles. The average molecular weight is 743 g/mol. The van der Waals surface area contributed by atoms with E-state index in [1.165, 1.54) is 88.1 Å². The zero-order valence-electron chi connectivity index (χ0n) is 31.8. The van der Waals surface area contributed by atoms with Crippen molar-refractivity contribution in [3.05, 3.63) is 200 Å². The molecular formula is C54H38N4. The predicted octanol–water partition coefficient (Wildman–Crippen LogP) is 14.3. The van der Waals surface area contributed by atoms with Crippen molar-refractivity contribution in [2.24, 2.45) is 0 Å². The van der Waals surface area contributed by atoms with E-state index >= 15 is 0 Å². The molecule has 0 radical (unpaired) electrons. The van der Waals surface area contributed by atoms with Crippen LogP contribution in [0.25, 0.3) is 65.5 Å². The van der Waals surface area contributed by atoms with Crippen molar-refractivity contribution in [2.45, 2.75) is 24.9 Å². The molecule has 0 saturated carbocycles. The Kier molecular flexibility index (Phi) is 6.65. The highest BCUT2D eigenvalue weighted by Crippen LogP contribution is 2.55. The minimum absolute atomic E-state index is 0.229. The van der Waals surface area contributed by atoms with E-state index in [9.17, 15) is 0 Å². The Balaban J connectivity index is 1.11. The second kappa shape index (κ2) is 12.1. The molecule has 274 valence electrons. The van der Waals surface area contributed by atoms with Gasteiger partial charge in [0.2, 0.25) is 0 Å². The van der Waals surface area contributed by atoms with Crippen molar-refractivity contribution < 1.29 is 0 Å². The normalized spacial score (nSPS) is 17.1. The number of nitrogens with zero attached hydrogens (tertiary/aromatic N) is 4. The molecule has 58 heavy (non-hydrogen) atoms. The van der Waals surface area contributed by atoms with Gasteiger partial charge < -0.3 is 18.8 Å². The lowest BCUT2D eigenvalue weighted by Gasteiger charge is -2.34. The van der Waals surface area contributed by atoms with E-state index < -0.39 is 0 Å². The van der Waals surface area contributed by atoms with E-state index in [2.05, 4.69) is 213 Å². The molecule has 0 N–H and O–H groups in total. The van der Waals surface area contributed by atoms with Crippen molar-refractivity contribution in [2.75, 3.05) is 9.80 Å². The van der Waals surface area contributed by atoms with Gasteiger partial charge in [-0.15, -0.1) is 0 Å². The number of hydrogen-bond donors (Lipinski definition) is 0. The summed E-state index contributed by atoms with van der Waals surface area (Å²) in [4.78, 5) is 4.99. The highest BCUT2D eigenvalue weighted by Gasteiger charge is 2.37. The Morgan fingerprint density at radius 2 is 1.12 bits per heavy atom. The number of para-hydroxylation sites is 4. The van der Waals surface area contributed by atoms with Gasteiger partial charge >= 0.3 is 0 Å². The van der Waals surface area contributed by atoms with Gasteiger partial charge in [0.1, 0.15) is 0 Å². The van der Waals surface area contributed by atoms with Crippen LogP contribution < -0.4 is 9.80 Å². The van der Waals surface area contributed by atoms with Crippen molar-refractivity contribution in [3.63, 3.8) is 0 Å². The van der Waals surface area contributed by atoms with E-state index in [1.54, 1.807) is 0 Å². The minimum Gasteiger partial charge on any atom is -0.334 e. The zero-order valence-corrected chi connectivity index (χ0v) is 31.8. The van der Waals surface area contributed by atoms with Crippen LogP contribution in [0.1, 0.15) is 24.4 Å². The first-order valence-corrected chi connectivity index (χ1v) is 20.5. The van der Waals surface area contributed by atoms with Crippen LogP contribution in [-0.4, -0.2) is 15.0 Å². The maximum atomic E-state index is 2.68. The summed E-state index contributed by atoms with van der Waals surface area (Å²) in [5.41, 5.74) is 15.2. The Labute approximate surface area is 336 Å². The molecule has 0 amide bonds. The molecule has 4 heterocycles. The number of rotatable bonds is 6. The molecule has 0 fully saturated rings. The van der Waals surface area contributed by atoms with Crippen molar-refractivity contribution >= 4 is 93.9 Å². The topological polar surface area (TPSA) is 15.8 Å². The van der Waals surface area contributed by atoms with Crippen LogP contribution in [0.2, 0.25) is 0 Å². The molecule has 4 nitrogen and oxygen atoms in total. The van der Waals surface area contributed by atoms with Crippen LogP contribution in [0.3, 0.4) is 0 Å². The summed E-state index contributed by atoms with van der Waals surface area (Å²) in [7, 11) is 0. The molecular weight excluding hydrogens is 705 g/mol. The first-order chi connectivity index (χ1) is 28.8. The molecule has 3 aromatic heterocycles. The maximum Gasteiger partial charge on any atom is 0.0641 e. The molecule has 0 saturated heterocycles. The van der Waals surface area contributed by atoms with Gasteiger partial charge in [-0.2, -0.15) is 0 Å². The van der Waals surface area contributed by atoms with Crippen molar-refractivity contribution in [1.82, 2.24) is 8.97 Å². The third kappa shape index (κ3) is 4.29. The van der Waals surface area contributed by atoms with Gasteiger partial charge in [-0.1, -0.05) is 127 Å². The number of aromatic nitrogens is 2. The molecule has 10 aromatic rings. The Hall–Kier alpha value is -7.30. The Morgan fingerprint density at radius 1 is 0.483 bits per heavy atom. The minimum atomic E-state index is 0.229. The molecule has 2 unspecified atom stereocenters. The molecule has 3 aliphatic rings. The fourth-order valence-corrected chi connectivity index (χ4v) is 10.7. The largest absolute Gasteiger partial charge is 0.334 e. The fraction of sp³-hybridized carbons (Fsp3) is 0.0741. The van der Waals surface area contributed by atoms with Gasteiger partial charge in [0.05, 0.1) is 51.0 Å². The molecule has 2 aliphatic carbocycles. The lowest BCUT2D eigenvalue weighted by Crippen LogP contribution is -2.30. The second-order valence-electron chi connectivity index (χ2n) is 16.0. The first-order valence-electron chi connectivity index (χ1n) is 20.5. The smallest absolute Gasteiger partial charge is 0.0641 e. The SMILES string of the molecule is C1=CCC(N(c2ccccc2)c2ccc3c4cc5c(cc4n4c3c2C2=CC=CCC24)c2ccc(N(c3ccccc3)c3ccccc3)c3c4ccccc4n5c23)C=C1. The lowest BCUT2D eigenvalue weighted by molar-refractivity contribution is 0.685. The average Bonchev–Trinajstić information content (AvgIpc) is 4.02. The number of hydrogen-bond acceptors (Lipinski definition) is 2. The number of allylic oxidation sites excluding steroid dienone is 6. The summed E-state index contributed by atoms with van der Waals surface area (Å²) in [5.74, 6) is 0. The van der Waals surface area contributed by atoms with Gasteiger partial charge in [-0.05, 0) is 85.1 Å². The molecule has 0 spiro atoms. The standard InChI is InChI=1S/C54H38N4/c1-5-17-35(18-6-1)55(36-19-7-2-8-20-36)47-31-29-39-43-33-50-44(34-49(43)57-45-27-15-13-25-41(45)51(47)53(39)57)40-30-32-48(52-42-26-14-16-28-46(42)58(50)54(40)52)56(37-21-9-3-10-22-37)38-23-11-4-12-24-38/h1-23,25-27,29-34,38,46H,24,28H2. The molecule has 7 aromatic carbocycles. The van der Waals surface area contributed by atoms with Gasteiger partial charge in [0.25, 0.3) is 0 Å². The highest BCUT2D eigenvalue weighted by molar-refractivity contribution is 6.29. The number of fused-ring (bicyclic) bond motifs is 12. The third-order valence-electron chi connectivity index (χ3n) is 13.0. The van der Waals surface area contributed by atoms with Crippen molar-refractivity contribution in [1.29, 1.82) is 0 Å². The molecule has 2 atom stereocenters. The fourth-order valence-electron chi connectivity index (χ4n) is 10.7. The second-order valence-corrected chi connectivity index (χ2v) is 16.0.